The molecule has 8 nitrogen and oxygen atoms in total. The number of carbonyl (C=O) groups excluding carboxylic acids is 3. The van der Waals surface area contributed by atoms with E-state index in [1.807, 2.05) is 0 Å². The quantitative estimate of drug-likeness (QED) is 0.324. The molecule has 0 saturated carbocycles. The zero-order chi connectivity index (χ0) is 36.5. The third-order valence-electron chi connectivity index (χ3n) is 8.70. The van der Waals surface area contributed by atoms with E-state index in [0.717, 1.165) is 4.90 Å². The van der Waals surface area contributed by atoms with Gasteiger partial charge in [0, 0.05) is 45.2 Å². The Hall–Kier alpha value is -4.04. The van der Waals surface area contributed by atoms with Gasteiger partial charge in [-0.05, 0) is 100 Å². The van der Waals surface area contributed by atoms with E-state index in [2.05, 4.69) is 5.32 Å². The molecule has 2 aliphatic heterocycles. The molecular weight excluding hydrogens is 661 g/mol. The minimum Gasteiger partial charge on any atom is -0.444 e. The molecule has 4 amide bonds. The molecule has 0 bridgehead atoms. The summed E-state index contributed by atoms with van der Waals surface area (Å²) in [4.78, 5) is 43.6. The molecule has 4 rings (SSSR count). The largest absolute Gasteiger partial charge is 0.444 e. The van der Waals surface area contributed by atoms with Crippen LogP contribution in [0.15, 0.2) is 36.4 Å². The molecule has 0 aliphatic carbocycles. The normalized spacial score (nSPS) is 19.4. The Kier molecular flexibility index (Phi) is 11.1. The fraction of sp³-hybridized carbons (Fsp3) is 0.559. The van der Waals surface area contributed by atoms with Crippen molar-refractivity contribution in [1.29, 1.82) is 0 Å². The first-order valence-corrected chi connectivity index (χ1v) is 16.0. The maximum Gasteiger partial charge on any atom is 0.416 e. The van der Waals surface area contributed by atoms with Gasteiger partial charge in [0.15, 0.2) is 0 Å². The number of nitrogens with one attached hydrogen (secondary N) is 1. The number of alkyl halides is 6. The minimum absolute atomic E-state index is 0.0298. The van der Waals surface area contributed by atoms with Crippen LogP contribution in [0.2, 0.25) is 0 Å². The molecule has 15 heteroatoms. The van der Waals surface area contributed by atoms with E-state index in [1.54, 1.807) is 32.6 Å². The van der Waals surface area contributed by atoms with Gasteiger partial charge in [-0.25, -0.2) is 14.0 Å². The van der Waals surface area contributed by atoms with Crippen molar-refractivity contribution in [3.8, 4) is 0 Å². The Balaban J connectivity index is 1.49. The summed E-state index contributed by atoms with van der Waals surface area (Å²) < 4.78 is 100. The van der Waals surface area contributed by atoms with Crippen molar-refractivity contribution in [3.05, 3.63) is 70.0 Å². The van der Waals surface area contributed by atoms with Gasteiger partial charge in [0.1, 0.15) is 11.4 Å². The number of halogens is 7. The van der Waals surface area contributed by atoms with Crippen molar-refractivity contribution < 1.29 is 49.9 Å². The van der Waals surface area contributed by atoms with Gasteiger partial charge in [0.25, 0.3) is 0 Å². The van der Waals surface area contributed by atoms with Gasteiger partial charge in [-0.15, -0.1) is 0 Å². The molecule has 2 fully saturated rings. The van der Waals surface area contributed by atoms with Crippen LogP contribution in [0.5, 0.6) is 0 Å². The summed E-state index contributed by atoms with van der Waals surface area (Å²) in [5, 5.41) is 3.06. The van der Waals surface area contributed by atoms with Crippen molar-refractivity contribution in [3.63, 3.8) is 0 Å². The minimum atomic E-state index is -5.04. The summed E-state index contributed by atoms with van der Waals surface area (Å²) in [5.41, 5.74) is -2.85. The van der Waals surface area contributed by atoms with Gasteiger partial charge in [0.05, 0.1) is 17.2 Å². The summed E-state index contributed by atoms with van der Waals surface area (Å²) in [6, 6.07) is 3.52. The molecule has 0 aromatic heterocycles. The number of aryl methyl sites for hydroxylation is 1. The summed E-state index contributed by atoms with van der Waals surface area (Å²) in [7, 11) is 1.28. The van der Waals surface area contributed by atoms with E-state index >= 15 is 0 Å². The number of hydrogen-bond donors (Lipinski definition) is 1. The number of urea groups is 1. The highest BCUT2D eigenvalue weighted by atomic mass is 19.4. The molecule has 1 N–H and O–H groups in total. The van der Waals surface area contributed by atoms with E-state index in [-0.39, 0.29) is 36.4 Å². The second-order valence-electron chi connectivity index (χ2n) is 13.7. The van der Waals surface area contributed by atoms with Gasteiger partial charge >= 0.3 is 24.5 Å². The van der Waals surface area contributed by atoms with Crippen molar-refractivity contribution in [2.45, 2.75) is 90.0 Å². The molecule has 0 spiro atoms. The summed E-state index contributed by atoms with van der Waals surface area (Å²) >= 11 is 0. The Morgan fingerprint density at radius 2 is 1.49 bits per heavy atom. The molecule has 2 atom stereocenters. The van der Waals surface area contributed by atoms with E-state index < -0.39 is 65.7 Å². The van der Waals surface area contributed by atoms with Gasteiger partial charge in [-0.1, -0.05) is 6.07 Å². The summed E-state index contributed by atoms with van der Waals surface area (Å²) in [6.45, 7) is 7.22. The number of amides is 4. The average Bonchev–Trinajstić information content (AvgIpc) is 2.99. The highest BCUT2D eigenvalue weighted by Crippen LogP contribution is 2.38. The van der Waals surface area contributed by atoms with Crippen LogP contribution in [0.25, 0.3) is 0 Å². The van der Waals surface area contributed by atoms with E-state index in [4.69, 9.17) is 4.74 Å². The van der Waals surface area contributed by atoms with Crippen molar-refractivity contribution in [1.82, 2.24) is 20.0 Å². The Morgan fingerprint density at radius 3 is 2.02 bits per heavy atom. The van der Waals surface area contributed by atoms with Crippen LogP contribution < -0.4 is 5.32 Å². The number of nitrogens with zero attached hydrogens (tertiary/aromatic N) is 3. The lowest BCUT2D eigenvalue weighted by atomic mass is 9.88. The van der Waals surface area contributed by atoms with Gasteiger partial charge < -0.3 is 24.8 Å². The lowest BCUT2D eigenvalue weighted by molar-refractivity contribution is -0.143. The monoisotopic (exact) mass is 702 g/mol. The summed E-state index contributed by atoms with van der Waals surface area (Å²) in [5.74, 6) is -1.06. The second-order valence-corrected chi connectivity index (χ2v) is 13.7. The summed E-state index contributed by atoms with van der Waals surface area (Å²) in [6.07, 6.45) is -9.11. The van der Waals surface area contributed by atoms with Crippen LogP contribution in [0.4, 0.5) is 40.3 Å². The molecular formula is C34H41F7N4O4. The average molecular weight is 703 g/mol. The number of likely N-dealkylation sites (tertiary alicyclic amines) is 2. The Bertz CT molecular complexity index is 1500. The second kappa shape index (κ2) is 14.4. The maximum absolute atomic E-state index is 14.0. The Morgan fingerprint density at radius 1 is 0.898 bits per heavy atom. The zero-order valence-corrected chi connectivity index (χ0v) is 28.0. The number of hydrogen-bond acceptors (Lipinski definition) is 4. The SMILES string of the molecule is Cc1cc(F)ccc1[C@H]1C[C@H](NC(=O)C2CCN(C(=O)OC(C)(C)C)CC2)CCN1C(=O)N(C)Cc1cc(C(F)(F)F)cc(C(F)(F)F)c1. The molecule has 2 aromatic rings. The zero-order valence-electron chi connectivity index (χ0n) is 28.0. The maximum atomic E-state index is 14.0. The van der Waals surface area contributed by atoms with Crippen LogP contribution >= 0.6 is 0 Å². The highest BCUT2D eigenvalue weighted by molar-refractivity contribution is 5.80. The first-order valence-electron chi connectivity index (χ1n) is 16.0. The molecule has 49 heavy (non-hydrogen) atoms. The van der Waals surface area contributed by atoms with Crippen molar-refractivity contribution in [2.24, 2.45) is 5.92 Å². The molecule has 0 radical (unpaired) electrons. The van der Waals surface area contributed by atoms with Gasteiger partial charge in [-0.2, -0.15) is 26.3 Å². The van der Waals surface area contributed by atoms with Crippen molar-refractivity contribution >= 4 is 18.0 Å². The fourth-order valence-corrected chi connectivity index (χ4v) is 6.27. The third kappa shape index (κ3) is 9.78. The van der Waals surface area contributed by atoms with Crippen LogP contribution in [0, 0.1) is 18.7 Å². The van der Waals surface area contributed by atoms with E-state index in [0.29, 0.717) is 55.6 Å². The standard InChI is InChI=1S/C34H41F7N4O4/c1-20-14-25(35)6-7-27(20)28-18-26(42-29(46)22-8-11-44(12-9-22)31(48)49-32(2,3)4)10-13-45(28)30(47)43(5)19-21-15-23(33(36,37)38)17-24(16-21)34(39,40)41/h6-7,14-17,22,26,28H,8-13,18-19H2,1-5H3,(H,42,46)/t26-,28-/m1/s1. The molecule has 2 aliphatic rings. The van der Waals surface area contributed by atoms with E-state index in [9.17, 15) is 45.1 Å². The fourth-order valence-electron chi connectivity index (χ4n) is 6.27. The number of benzene rings is 2. The predicted octanol–water partition coefficient (Wildman–Crippen LogP) is 7.69. The lowest BCUT2D eigenvalue weighted by Crippen LogP contribution is -2.52. The molecule has 2 aromatic carbocycles. The predicted molar refractivity (Wildman–Crippen MR) is 166 cm³/mol. The number of ether oxygens (including phenoxy) is 1. The lowest BCUT2D eigenvalue weighted by Gasteiger charge is -2.42. The molecule has 2 heterocycles. The van der Waals surface area contributed by atoms with Crippen LogP contribution in [0.3, 0.4) is 0 Å². The molecule has 2 saturated heterocycles. The van der Waals surface area contributed by atoms with Gasteiger partial charge in [0.2, 0.25) is 5.91 Å². The van der Waals surface area contributed by atoms with Crippen LogP contribution in [-0.4, -0.2) is 71.1 Å². The topological polar surface area (TPSA) is 82.2 Å². The first-order chi connectivity index (χ1) is 22.6. The molecule has 270 valence electrons. The van der Waals surface area contributed by atoms with Gasteiger partial charge in [-0.3, -0.25) is 4.79 Å². The Labute approximate surface area is 280 Å². The number of carbonyl (C=O) groups is 3. The number of piperidine rings is 2. The van der Waals surface area contributed by atoms with E-state index in [1.165, 1.54) is 30.1 Å². The number of rotatable bonds is 5. The first kappa shape index (κ1) is 37.8. The van der Waals surface area contributed by atoms with Crippen LogP contribution in [0.1, 0.15) is 80.3 Å². The highest BCUT2D eigenvalue weighted by Gasteiger charge is 2.39. The molecule has 0 unspecified atom stereocenters. The smallest absolute Gasteiger partial charge is 0.416 e. The van der Waals surface area contributed by atoms with Crippen LogP contribution in [-0.2, 0) is 28.4 Å². The van der Waals surface area contributed by atoms with Crippen molar-refractivity contribution in [2.75, 3.05) is 26.7 Å². The third-order valence-corrected chi connectivity index (χ3v) is 8.70.